The fraction of sp³-hybridized carbons (Fsp3) is 0.714. The van der Waals surface area contributed by atoms with Crippen LogP contribution in [-0.2, 0) is 6.42 Å². The second-order valence-corrected chi connectivity index (χ2v) is 6.10. The molecule has 1 N–H and O–H groups in total. The highest BCUT2D eigenvalue weighted by Crippen LogP contribution is 2.43. The second kappa shape index (κ2) is 5.33. The lowest BCUT2D eigenvalue weighted by atomic mass is 9.67. The lowest BCUT2D eigenvalue weighted by Crippen LogP contribution is -2.43. The van der Waals surface area contributed by atoms with E-state index in [1.54, 1.807) is 11.3 Å². The van der Waals surface area contributed by atoms with Crippen LogP contribution in [0.4, 0.5) is 0 Å². The molecule has 1 unspecified atom stereocenters. The minimum atomic E-state index is 0.610. The molecule has 2 heteroatoms. The maximum atomic E-state index is 3.72. The Morgan fingerprint density at radius 1 is 1.50 bits per heavy atom. The zero-order valence-electron chi connectivity index (χ0n) is 10.5. The van der Waals surface area contributed by atoms with Crippen LogP contribution in [0.1, 0.15) is 45.1 Å². The molecule has 1 fully saturated rings. The number of rotatable bonds is 6. The van der Waals surface area contributed by atoms with Crippen molar-refractivity contribution in [3.63, 3.8) is 0 Å². The molecule has 1 aromatic rings. The Bertz CT molecular complexity index is 295. The van der Waals surface area contributed by atoms with Gasteiger partial charge in [-0.15, -0.1) is 0 Å². The monoisotopic (exact) mass is 237 g/mol. The lowest BCUT2D eigenvalue weighted by Gasteiger charge is -2.42. The number of hydrogen-bond acceptors (Lipinski definition) is 2. The van der Waals surface area contributed by atoms with Crippen molar-refractivity contribution >= 4 is 11.3 Å². The average molecular weight is 237 g/mol. The molecule has 0 bridgehead atoms. The molecular weight excluding hydrogens is 214 g/mol. The van der Waals surface area contributed by atoms with Gasteiger partial charge in [0, 0.05) is 12.6 Å². The summed E-state index contributed by atoms with van der Waals surface area (Å²) < 4.78 is 0. The predicted octanol–water partition coefficient (Wildman–Crippen LogP) is 3.85. The molecule has 0 radical (unpaired) electrons. The predicted molar refractivity (Wildman–Crippen MR) is 72.1 cm³/mol. The van der Waals surface area contributed by atoms with Crippen LogP contribution in [0.25, 0.3) is 0 Å². The molecule has 1 aromatic heterocycles. The summed E-state index contributed by atoms with van der Waals surface area (Å²) in [5.41, 5.74) is 2.12. The molecule has 1 aliphatic rings. The molecule has 1 nitrogen and oxygen atoms in total. The molecule has 0 aliphatic heterocycles. The van der Waals surface area contributed by atoms with Gasteiger partial charge in [-0.3, -0.25) is 0 Å². The van der Waals surface area contributed by atoms with Crippen LogP contribution >= 0.6 is 11.3 Å². The highest BCUT2D eigenvalue weighted by molar-refractivity contribution is 7.07. The molecule has 16 heavy (non-hydrogen) atoms. The minimum absolute atomic E-state index is 0.610. The van der Waals surface area contributed by atoms with E-state index in [0.717, 1.165) is 0 Å². The van der Waals surface area contributed by atoms with E-state index in [1.165, 1.54) is 44.2 Å². The maximum Gasteiger partial charge on any atom is 0.00796 e. The smallest absolute Gasteiger partial charge is 0.00796 e. The summed E-state index contributed by atoms with van der Waals surface area (Å²) in [6.45, 7) is 5.86. The van der Waals surface area contributed by atoms with Gasteiger partial charge in [0.25, 0.3) is 0 Å². The molecule has 0 aromatic carbocycles. The van der Waals surface area contributed by atoms with E-state index in [2.05, 4.69) is 36.0 Å². The van der Waals surface area contributed by atoms with Crippen LogP contribution in [0.2, 0.25) is 0 Å². The summed E-state index contributed by atoms with van der Waals surface area (Å²) >= 11 is 1.80. The maximum absolute atomic E-state index is 3.72. The van der Waals surface area contributed by atoms with Crippen molar-refractivity contribution in [1.82, 2.24) is 5.32 Å². The molecule has 1 heterocycles. The number of hydrogen-bond donors (Lipinski definition) is 1. The highest BCUT2D eigenvalue weighted by atomic mass is 32.1. The van der Waals surface area contributed by atoms with E-state index in [1.807, 2.05) is 0 Å². The van der Waals surface area contributed by atoms with Gasteiger partial charge < -0.3 is 5.32 Å². The molecular formula is C14H23NS. The van der Waals surface area contributed by atoms with E-state index in [4.69, 9.17) is 0 Å². The van der Waals surface area contributed by atoms with Crippen molar-refractivity contribution in [3.8, 4) is 0 Å². The van der Waals surface area contributed by atoms with Crippen molar-refractivity contribution in [2.24, 2.45) is 5.41 Å². The molecule has 1 aliphatic carbocycles. The first-order chi connectivity index (χ1) is 7.74. The first kappa shape index (κ1) is 12.1. The largest absolute Gasteiger partial charge is 0.313 e. The highest BCUT2D eigenvalue weighted by Gasteiger charge is 2.34. The van der Waals surface area contributed by atoms with Gasteiger partial charge in [0.2, 0.25) is 0 Å². The normalized spacial score (nSPS) is 20.4. The molecule has 2 rings (SSSR count). The van der Waals surface area contributed by atoms with Crippen molar-refractivity contribution < 1.29 is 0 Å². The fourth-order valence-corrected chi connectivity index (χ4v) is 3.24. The van der Waals surface area contributed by atoms with E-state index >= 15 is 0 Å². The van der Waals surface area contributed by atoms with Crippen LogP contribution in [0.3, 0.4) is 0 Å². The van der Waals surface area contributed by atoms with Gasteiger partial charge in [0.15, 0.2) is 0 Å². The van der Waals surface area contributed by atoms with E-state index < -0.39 is 0 Å². The average Bonchev–Trinajstić information content (AvgIpc) is 2.69. The van der Waals surface area contributed by atoms with Gasteiger partial charge in [-0.1, -0.05) is 13.3 Å². The summed E-state index contributed by atoms with van der Waals surface area (Å²) in [7, 11) is 0. The van der Waals surface area contributed by atoms with Crippen LogP contribution in [0, 0.1) is 5.41 Å². The standard InChI is InChI=1S/C14H23NS/c1-3-14(6-4-7-14)11-15-12(2)9-13-5-8-16-10-13/h5,8,10,12,15H,3-4,6-7,9,11H2,1-2H3. The zero-order valence-corrected chi connectivity index (χ0v) is 11.3. The number of thiophene rings is 1. The summed E-state index contributed by atoms with van der Waals surface area (Å²) in [6.07, 6.45) is 6.81. The van der Waals surface area contributed by atoms with Gasteiger partial charge in [0.1, 0.15) is 0 Å². The Balaban J connectivity index is 1.73. The topological polar surface area (TPSA) is 12.0 Å². The summed E-state index contributed by atoms with van der Waals surface area (Å²) in [6, 6.07) is 2.85. The van der Waals surface area contributed by atoms with Gasteiger partial charge >= 0.3 is 0 Å². The first-order valence-electron chi connectivity index (χ1n) is 6.48. The SMILES string of the molecule is CCC1(CNC(C)Cc2ccsc2)CCC1. The third-order valence-electron chi connectivity index (χ3n) is 4.11. The first-order valence-corrected chi connectivity index (χ1v) is 7.43. The molecule has 1 atom stereocenters. The lowest BCUT2D eigenvalue weighted by molar-refractivity contribution is 0.120. The summed E-state index contributed by atoms with van der Waals surface area (Å²) in [5, 5.41) is 8.15. The Hall–Kier alpha value is -0.340. The molecule has 0 spiro atoms. The van der Waals surface area contributed by atoms with Gasteiger partial charge in [-0.2, -0.15) is 11.3 Å². The van der Waals surface area contributed by atoms with E-state index in [-0.39, 0.29) is 0 Å². The Kier molecular flexibility index (Phi) is 4.04. The van der Waals surface area contributed by atoms with Crippen molar-refractivity contribution in [3.05, 3.63) is 22.4 Å². The molecule has 0 saturated heterocycles. The number of nitrogens with one attached hydrogen (secondary N) is 1. The van der Waals surface area contributed by atoms with Crippen LogP contribution in [0.5, 0.6) is 0 Å². The molecule has 0 amide bonds. The van der Waals surface area contributed by atoms with Crippen LogP contribution in [0.15, 0.2) is 16.8 Å². The third kappa shape index (κ3) is 2.86. The molecule has 1 saturated carbocycles. The molecule has 90 valence electrons. The van der Waals surface area contributed by atoms with E-state index in [9.17, 15) is 0 Å². The van der Waals surface area contributed by atoms with Gasteiger partial charge in [0.05, 0.1) is 0 Å². The fourth-order valence-electron chi connectivity index (χ4n) is 2.56. The third-order valence-corrected chi connectivity index (χ3v) is 4.84. The zero-order chi connectivity index (χ0) is 11.4. The van der Waals surface area contributed by atoms with Gasteiger partial charge in [-0.25, -0.2) is 0 Å². The van der Waals surface area contributed by atoms with Crippen molar-refractivity contribution in [2.75, 3.05) is 6.54 Å². The minimum Gasteiger partial charge on any atom is -0.313 e. The Morgan fingerprint density at radius 3 is 2.81 bits per heavy atom. The second-order valence-electron chi connectivity index (χ2n) is 5.32. The Labute approximate surface area is 103 Å². The van der Waals surface area contributed by atoms with Crippen molar-refractivity contribution in [1.29, 1.82) is 0 Å². The summed E-state index contributed by atoms with van der Waals surface area (Å²) in [4.78, 5) is 0. The van der Waals surface area contributed by atoms with E-state index in [0.29, 0.717) is 11.5 Å². The quantitative estimate of drug-likeness (QED) is 0.792. The van der Waals surface area contributed by atoms with Crippen LogP contribution in [-0.4, -0.2) is 12.6 Å². The Morgan fingerprint density at radius 2 is 2.31 bits per heavy atom. The summed E-state index contributed by atoms with van der Waals surface area (Å²) in [5.74, 6) is 0. The van der Waals surface area contributed by atoms with Crippen molar-refractivity contribution in [2.45, 2.75) is 52.0 Å². The van der Waals surface area contributed by atoms with Crippen LogP contribution < -0.4 is 5.32 Å². The van der Waals surface area contributed by atoms with Gasteiger partial charge in [-0.05, 0) is 60.4 Å².